The lowest BCUT2D eigenvalue weighted by Gasteiger charge is -2.15. The number of para-hydroxylation sites is 1. The van der Waals surface area contributed by atoms with Gasteiger partial charge in [-0.2, -0.15) is 0 Å². The van der Waals surface area contributed by atoms with Crippen molar-refractivity contribution in [3.63, 3.8) is 0 Å². The zero-order chi connectivity index (χ0) is 25.8. The number of rotatable bonds is 7. The number of hydrogen-bond donors (Lipinski definition) is 2. The van der Waals surface area contributed by atoms with E-state index in [2.05, 4.69) is 10.6 Å². The number of aromatic nitrogens is 2. The number of carbonyl (C=O) groups excluding carboxylic acids is 2. The fourth-order valence-electron chi connectivity index (χ4n) is 3.90. The maximum atomic E-state index is 13.5. The van der Waals surface area contributed by atoms with Crippen LogP contribution in [0, 0.1) is 5.82 Å². The van der Waals surface area contributed by atoms with E-state index in [9.17, 15) is 23.6 Å². The van der Waals surface area contributed by atoms with Crippen molar-refractivity contribution in [1.29, 1.82) is 0 Å². The van der Waals surface area contributed by atoms with Crippen LogP contribution >= 0.6 is 0 Å². The second-order valence-corrected chi connectivity index (χ2v) is 8.65. The van der Waals surface area contributed by atoms with Crippen molar-refractivity contribution >= 4 is 28.4 Å². The van der Waals surface area contributed by atoms with Crippen molar-refractivity contribution in [2.45, 2.75) is 32.9 Å². The summed E-state index contributed by atoms with van der Waals surface area (Å²) in [6.45, 7) is 3.39. The van der Waals surface area contributed by atoms with E-state index in [1.54, 1.807) is 48.5 Å². The lowest BCUT2D eigenvalue weighted by Crippen LogP contribution is -2.40. The third kappa shape index (κ3) is 5.41. The van der Waals surface area contributed by atoms with Crippen molar-refractivity contribution in [3.8, 4) is 5.69 Å². The van der Waals surface area contributed by atoms with E-state index in [1.165, 1.54) is 28.8 Å². The Balaban J connectivity index is 1.70. The van der Waals surface area contributed by atoms with Crippen LogP contribution in [0.1, 0.15) is 19.4 Å². The summed E-state index contributed by atoms with van der Waals surface area (Å²) in [4.78, 5) is 51.5. The molecule has 0 saturated carbocycles. The van der Waals surface area contributed by atoms with Crippen LogP contribution in [0.15, 0.2) is 82.4 Å². The van der Waals surface area contributed by atoms with Crippen LogP contribution in [-0.2, 0) is 22.6 Å². The van der Waals surface area contributed by atoms with E-state index in [1.807, 2.05) is 13.8 Å². The van der Waals surface area contributed by atoms with Crippen LogP contribution in [0.5, 0.6) is 0 Å². The summed E-state index contributed by atoms with van der Waals surface area (Å²) in [7, 11) is 0. The summed E-state index contributed by atoms with van der Waals surface area (Å²) in [6.07, 6.45) is 0.166. The predicted molar refractivity (Wildman–Crippen MR) is 136 cm³/mol. The van der Waals surface area contributed by atoms with E-state index < -0.39 is 23.0 Å². The standard InChI is InChI=1S/C27H25FN4O4/c1-17(2)29-24(33)15-18-7-13-21(14-8-18)32-26(35)22-5-3-4-6-23(22)31(27(32)36)16-25(34)30-20-11-9-19(28)10-12-20/h3-14,17H,15-16H2,1-2H3,(H,29,33)(H,30,34). The third-order valence-corrected chi connectivity index (χ3v) is 5.49. The first-order valence-corrected chi connectivity index (χ1v) is 11.4. The molecule has 2 amide bonds. The maximum absolute atomic E-state index is 13.5. The van der Waals surface area contributed by atoms with Gasteiger partial charge >= 0.3 is 5.69 Å². The number of amides is 2. The SMILES string of the molecule is CC(C)NC(=O)Cc1ccc(-n2c(=O)c3ccccc3n(CC(=O)Nc3ccc(F)cc3)c2=O)cc1. The highest BCUT2D eigenvalue weighted by molar-refractivity contribution is 5.91. The number of nitrogens with one attached hydrogen (secondary N) is 2. The first-order valence-electron chi connectivity index (χ1n) is 11.4. The molecule has 8 nitrogen and oxygen atoms in total. The second kappa shape index (κ2) is 10.4. The van der Waals surface area contributed by atoms with Gasteiger partial charge in [-0.3, -0.25) is 19.0 Å². The fraction of sp³-hybridized carbons (Fsp3) is 0.185. The normalized spacial score (nSPS) is 11.0. The Bertz CT molecular complexity index is 1540. The number of hydrogen-bond acceptors (Lipinski definition) is 4. The Labute approximate surface area is 206 Å². The number of halogens is 1. The summed E-state index contributed by atoms with van der Waals surface area (Å²) < 4.78 is 15.4. The third-order valence-electron chi connectivity index (χ3n) is 5.49. The van der Waals surface area contributed by atoms with Crippen molar-refractivity contribution in [3.05, 3.63) is 105 Å². The molecule has 0 spiro atoms. The van der Waals surface area contributed by atoms with E-state index in [-0.39, 0.29) is 30.3 Å². The fourth-order valence-corrected chi connectivity index (χ4v) is 3.90. The average molecular weight is 489 g/mol. The van der Waals surface area contributed by atoms with Gasteiger partial charge in [-0.15, -0.1) is 0 Å². The van der Waals surface area contributed by atoms with Crippen LogP contribution in [-0.4, -0.2) is 27.0 Å². The lowest BCUT2D eigenvalue weighted by atomic mass is 10.1. The highest BCUT2D eigenvalue weighted by atomic mass is 19.1. The first-order chi connectivity index (χ1) is 17.2. The predicted octanol–water partition coefficient (Wildman–Crippen LogP) is 3.00. The van der Waals surface area contributed by atoms with Crippen LogP contribution in [0.3, 0.4) is 0 Å². The molecule has 1 aromatic heterocycles. The van der Waals surface area contributed by atoms with Crippen LogP contribution in [0.2, 0.25) is 0 Å². The lowest BCUT2D eigenvalue weighted by molar-refractivity contribution is -0.121. The Hall–Kier alpha value is -4.53. The molecule has 3 aromatic carbocycles. The molecule has 0 fully saturated rings. The molecule has 0 saturated heterocycles. The minimum atomic E-state index is -0.682. The van der Waals surface area contributed by atoms with E-state index in [4.69, 9.17) is 0 Å². The topological polar surface area (TPSA) is 102 Å². The molecule has 4 rings (SSSR count). The van der Waals surface area contributed by atoms with Crippen molar-refractivity contribution in [1.82, 2.24) is 14.5 Å². The summed E-state index contributed by atoms with van der Waals surface area (Å²) in [5, 5.41) is 5.72. The van der Waals surface area contributed by atoms with Gasteiger partial charge in [0.25, 0.3) is 5.56 Å². The van der Waals surface area contributed by atoms with Gasteiger partial charge in [0.05, 0.1) is 23.0 Å². The molecule has 0 bridgehead atoms. The quantitative estimate of drug-likeness (QED) is 0.418. The number of nitrogens with zero attached hydrogens (tertiary/aromatic N) is 2. The van der Waals surface area contributed by atoms with E-state index >= 15 is 0 Å². The monoisotopic (exact) mass is 488 g/mol. The average Bonchev–Trinajstić information content (AvgIpc) is 2.84. The van der Waals surface area contributed by atoms with Crippen molar-refractivity contribution in [2.24, 2.45) is 0 Å². The molecule has 1 heterocycles. The highest BCUT2D eigenvalue weighted by Gasteiger charge is 2.17. The van der Waals surface area contributed by atoms with Gasteiger partial charge in [0, 0.05) is 11.7 Å². The molecule has 0 aliphatic carbocycles. The van der Waals surface area contributed by atoms with Gasteiger partial charge in [0.2, 0.25) is 11.8 Å². The van der Waals surface area contributed by atoms with Gasteiger partial charge in [0.1, 0.15) is 12.4 Å². The number of anilines is 1. The van der Waals surface area contributed by atoms with Gasteiger partial charge in [0.15, 0.2) is 0 Å². The molecule has 36 heavy (non-hydrogen) atoms. The summed E-state index contributed by atoms with van der Waals surface area (Å²) in [5.41, 5.74) is 0.541. The second-order valence-electron chi connectivity index (χ2n) is 8.65. The van der Waals surface area contributed by atoms with Gasteiger partial charge in [-0.1, -0.05) is 24.3 Å². The Kier molecular flexibility index (Phi) is 7.10. The molecule has 4 aromatic rings. The summed E-state index contributed by atoms with van der Waals surface area (Å²) in [6, 6.07) is 18.4. The highest BCUT2D eigenvalue weighted by Crippen LogP contribution is 2.13. The molecular weight excluding hydrogens is 463 g/mol. The summed E-state index contributed by atoms with van der Waals surface area (Å²) >= 11 is 0. The van der Waals surface area contributed by atoms with Gasteiger partial charge in [-0.05, 0) is 67.9 Å². The van der Waals surface area contributed by atoms with Crippen LogP contribution in [0.25, 0.3) is 16.6 Å². The number of fused-ring (bicyclic) bond motifs is 1. The minimum absolute atomic E-state index is 0.0201. The Morgan fingerprint density at radius 1 is 0.889 bits per heavy atom. The molecular formula is C27H25FN4O4. The smallest absolute Gasteiger partial charge is 0.336 e. The zero-order valence-corrected chi connectivity index (χ0v) is 19.8. The first kappa shape index (κ1) is 24.6. The molecule has 0 radical (unpaired) electrons. The number of carbonyl (C=O) groups is 2. The Morgan fingerprint density at radius 2 is 1.56 bits per heavy atom. The molecule has 184 valence electrons. The number of benzene rings is 3. The molecule has 9 heteroatoms. The maximum Gasteiger partial charge on any atom is 0.336 e. The summed E-state index contributed by atoms with van der Waals surface area (Å²) in [5.74, 6) is -1.07. The van der Waals surface area contributed by atoms with Gasteiger partial charge < -0.3 is 10.6 Å². The zero-order valence-electron chi connectivity index (χ0n) is 19.8. The molecule has 0 aliphatic heterocycles. The van der Waals surface area contributed by atoms with E-state index in [0.29, 0.717) is 16.9 Å². The minimum Gasteiger partial charge on any atom is -0.354 e. The van der Waals surface area contributed by atoms with Crippen molar-refractivity contribution in [2.75, 3.05) is 5.32 Å². The van der Waals surface area contributed by atoms with Crippen LogP contribution in [0.4, 0.5) is 10.1 Å². The van der Waals surface area contributed by atoms with Crippen molar-refractivity contribution < 1.29 is 14.0 Å². The van der Waals surface area contributed by atoms with Gasteiger partial charge in [-0.25, -0.2) is 13.8 Å². The molecule has 0 unspecified atom stereocenters. The Morgan fingerprint density at radius 3 is 2.22 bits per heavy atom. The van der Waals surface area contributed by atoms with Crippen LogP contribution < -0.4 is 21.9 Å². The molecule has 0 aliphatic rings. The molecule has 2 N–H and O–H groups in total. The largest absolute Gasteiger partial charge is 0.354 e. The molecule has 0 atom stereocenters. The van der Waals surface area contributed by atoms with E-state index in [0.717, 1.165) is 10.1 Å².